The van der Waals surface area contributed by atoms with Gasteiger partial charge in [-0.1, -0.05) is 36.7 Å². The van der Waals surface area contributed by atoms with Crippen molar-refractivity contribution in [1.82, 2.24) is 15.1 Å². The average Bonchev–Trinajstić information content (AvgIpc) is 2.64. The summed E-state index contributed by atoms with van der Waals surface area (Å²) in [5, 5.41) is 12.6. The smallest absolute Gasteiger partial charge is 0.317 e. The number of carboxylic acid groups (broad SMARTS) is 1. The topological polar surface area (TPSA) is 72.9 Å². The summed E-state index contributed by atoms with van der Waals surface area (Å²) in [6.07, 6.45) is 2.35. The lowest BCUT2D eigenvalue weighted by Gasteiger charge is -2.37. The zero-order chi connectivity index (χ0) is 18.9. The molecule has 0 unspecified atom stereocenters. The molecule has 0 aromatic heterocycles. The number of carboxylic acids is 1. The van der Waals surface area contributed by atoms with Gasteiger partial charge in [0.15, 0.2) is 0 Å². The Morgan fingerprint density at radius 2 is 2.00 bits per heavy atom. The molecule has 0 radical (unpaired) electrons. The van der Waals surface area contributed by atoms with E-state index in [0.29, 0.717) is 24.0 Å². The molecule has 0 bridgehead atoms. The molecule has 1 aliphatic rings. The summed E-state index contributed by atoms with van der Waals surface area (Å²) in [5.41, 5.74) is 0.918. The van der Waals surface area contributed by atoms with Crippen LogP contribution >= 0.6 is 11.6 Å². The Morgan fingerprint density at radius 3 is 2.62 bits per heavy atom. The minimum Gasteiger partial charge on any atom is -0.480 e. The largest absolute Gasteiger partial charge is 0.480 e. The Labute approximate surface area is 160 Å². The predicted octanol–water partition coefficient (Wildman–Crippen LogP) is 2.22. The molecule has 7 heteroatoms. The molecule has 144 valence electrons. The van der Waals surface area contributed by atoms with Crippen molar-refractivity contribution in [2.75, 3.05) is 32.7 Å². The molecule has 2 N–H and O–H groups in total. The second-order valence-electron chi connectivity index (χ2n) is 6.65. The van der Waals surface area contributed by atoms with E-state index in [0.717, 1.165) is 44.6 Å². The van der Waals surface area contributed by atoms with Gasteiger partial charge in [-0.25, -0.2) is 0 Å². The SMILES string of the molecule is CCN(CC(=O)O)C1CCN(CCC(=O)NCc2ccccc2Cl)CC1. The zero-order valence-electron chi connectivity index (χ0n) is 15.3. The number of aliphatic carboxylic acids is 1. The van der Waals surface area contributed by atoms with Crippen LogP contribution in [-0.2, 0) is 16.1 Å². The molecule has 2 rings (SSSR count). The molecule has 0 atom stereocenters. The van der Waals surface area contributed by atoms with Gasteiger partial charge in [0.1, 0.15) is 0 Å². The number of hydrogen-bond donors (Lipinski definition) is 2. The first-order valence-corrected chi connectivity index (χ1v) is 9.55. The van der Waals surface area contributed by atoms with Gasteiger partial charge in [-0.15, -0.1) is 0 Å². The van der Waals surface area contributed by atoms with Crippen molar-refractivity contribution in [2.24, 2.45) is 0 Å². The van der Waals surface area contributed by atoms with Crippen LogP contribution in [0.5, 0.6) is 0 Å². The van der Waals surface area contributed by atoms with Crippen molar-refractivity contribution in [3.8, 4) is 0 Å². The van der Waals surface area contributed by atoms with E-state index in [-0.39, 0.29) is 12.5 Å². The van der Waals surface area contributed by atoms with E-state index in [1.54, 1.807) is 0 Å². The summed E-state index contributed by atoms with van der Waals surface area (Å²) >= 11 is 6.09. The number of nitrogens with one attached hydrogen (secondary N) is 1. The molecule has 0 saturated carbocycles. The maximum absolute atomic E-state index is 12.1. The fraction of sp³-hybridized carbons (Fsp3) is 0.579. The van der Waals surface area contributed by atoms with Crippen molar-refractivity contribution in [3.63, 3.8) is 0 Å². The van der Waals surface area contributed by atoms with Crippen molar-refractivity contribution in [1.29, 1.82) is 0 Å². The lowest BCUT2D eigenvalue weighted by atomic mass is 10.0. The van der Waals surface area contributed by atoms with Crippen LogP contribution in [0.3, 0.4) is 0 Å². The molecule has 1 amide bonds. The normalized spacial score (nSPS) is 16.0. The molecular formula is C19H28ClN3O3. The number of likely N-dealkylation sites (tertiary alicyclic amines) is 1. The molecule has 1 heterocycles. The first-order valence-electron chi connectivity index (χ1n) is 9.18. The van der Waals surface area contributed by atoms with E-state index >= 15 is 0 Å². The third-order valence-corrected chi connectivity index (χ3v) is 5.28. The number of amides is 1. The van der Waals surface area contributed by atoms with E-state index in [1.165, 1.54) is 0 Å². The van der Waals surface area contributed by atoms with Crippen LogP contribution in [0.25, 0.3) is 0 Å². The number of likely N-dealkylation sites (N-methyl/N-ethyl adjacent to an activating group) is 1. The quantitative estimate of drug-likeness (QED) is 0.686. The van der Waals surface area contributed by atoms with Gasteiger partial charge in [-0.2, -0.15) is 0 Å². The molecule has 1 aromatic rings. The Bertz CT molecular complexity index is 603. The number of hydrogen-bond acceptors (Lipinski definition) is 4. The number of benzene rings is 1. The lowest BCUT2D eigenvalue weighted by Crippen LogP contribution is -2.47. The number of carbonyl (C=O) groups excluding carboxylic acids is 1. The average molecular weight is 382 g/mol. The maximum atomic E-state index is 12.1. The van der Waals surface area contributed by atoms with Crippen LogP contribution < -0.4 is 5.32 Å². The van der Waals surface area contributed by atoms with Crippen LogP contribution in [0, 0.1) is 0 Å². The molecule has 1 aliphatic heterocycles. The molecule has 0 aliphatic carbocycles. The van der Waals surface area contributed by atoms with E-state index in [1.807, 2.05) is 36.1 Å². The van der Waals surface area contributed by atoms with Crippen LogP contribution in [0.15, 0.2) is 24.3 Å². The minimum atomic E-state index is -0.774. The second kappa shape index (κ2) is 10.5. The summed E-state index contributed by atoms with van der Waals surface area (Å²) in [6.45, 7) is 5.83. The van der Waals surface area contributed by atoms with Gasteiger partial charge in [-0.05, 0) is 44.1 Å². The van der Waals surface area contributed by atoms with Gasteiger partial charge in [-0.3, -0.25) is 14.5 Å². The zero-order valence-corrected chi connectivity index (χ0v) is 16.0. The van der Waals surface area contributed by atoms with E-state index in [2.05, 4.69) is 10.2 Å². The van der Waals surface area contributed by atoms with Crippen molar-refractivity contribution in [3.05, 3.63) is 34.9 Å². The van der Waals surface area contributed by atoms with E-state index in [4.69, 9.17) is 16.7 Å². The summed E-state index contributed by atoms with van der Waals surface area (Å²) in [4.78, 5) is 27.3. The first kappa shape index (κ1) is 20.7. The molecule has 1 aromatic carbocycles. The Kier molecular flexibility index (Phi) is 8.35. The summed E-state index contributed by atoms with van der Waals surface area (Å²) in [5.74, 6) is -0.752. The number of piperidine rings is 1. The predicted molar refractivity (Wildman–Crippen MR) is 102 cm³/mol. The van der Waals surface area contributed by atoms with Crippen LogP contribution in [0.4, 0.5) is 0 Å². The molecule has 1 fully saturated rings. The Hall–Kier alpha value is -1.63. The molecule has 6 nitrogen and oxygen atoms in total. The number of carbonyl (C=O) groups is 2. The molecular weight excluding hydrogens is 354 g/mol. The fourth-order valence-electron chi connectivity index (χ4n) is 3.36. The number of halogens is 1. The number of nitrogens with zero attached hydrogens (tertiary/aromatic N) is 2. The van der Waals surface area contributed by atoms with Gasteiger partial charge < -0.3 is 15.3 Å². The van der Waals surface area contributed by atoms with Gasteiger partial charge in [0.25, 0.3) is 0 Å². The van der Waals surface area contributed by atoms with Crippen LogP contribution in [-0.4, -0.2) is 65.5 Å². The summed E-state index contributed by atoms with van der Waals surface area (Å²) < 4.78 is 0. The monoisotopic (exact) mass is 381 g/mol. The van der Waals surface area contributed by atoms with Crippen LogP contribution in [0.1, 0.15) is 31.7 Å². The van der Waals surface area contributed by atoms with E-state index in [9.17, 15) is 9.59 Å². The van der Waals surface area contributed by atoms with Crippen LogP contribution in [0.2, 0.25) is 5.02 Å². The second-order valence-corrected chi connectivity index (χ2v) is 7.05. The third-order valence-electron chi connectivity index (χ3n) is 4.91. The van der Waals surface area contributed by atoms with Crippen molar-refractivity contribution in [2.45, 2.75) is 38.8 Å². The number of rotatable bonds is 9. The first-order chi connectivity index (χ1) is 12.5. The summed E-state index contributed by atoms with van der Waals surface area (Å²) in [6, 6.07) is 7.82. The highest BCUT2D eigenvalue weighted by molar-refractivity contribution is 6.31. The standard InChI is InChI=1S/C19H28ClN3O3/c1-2-23(14-19(25)26)16-7-10-22(11-8-16)12-9-18(24)21-13-15-5-3-4-6-17(15)20/h3-6,16H,2,7-14H2,1H3,(H,21,24)(H,25,26). The van der Waals surface area contributed by atoms with Gasteiger partial charge in [0, 0.05) is 30.6 Å². The van der Waals surface area contributed by atoms with Crippen molar-refractivity contribution >= 4 is 23.5 Å². The highest BCUT2D eigenvalue weighted by Crippen LogP contribution is 2.17. The highest BCUT2D eigenvalue weighted by Gasteiger charge is 2.25. The third kappa shape index (κ3) is 6.59. The Balaban J connectivity index is 1.67. The van der Waals surface area contributed by atoms with Crippen molar-refractivity contribution < 1.29 is 14.7 Å². The van der Waals surface area contributed by atoms with E-state index < -0.39 is 5.97 Å². The molecule has 0 spiro atoms. The molecule has 1 saturated heterocycles. The fourth-order valence-corrected chi connectivity index (χ4v) is 3.57. The van der Waals surface area contributed by atoms with Gasteiger partial charge in [0.05, 0.1) is 6.54 Å². The van der Waals surface area contributed by atoms with Gasteiger partial charge >= 0.3 is 5.97 Å². The summed E-state index contributed by atoms with van der Waals surface area (Å²) in [7, 11) is 0. The lowest BCUT2D eigenvalue weighted by molar-refractivity contribution is -0.139. The minimum absolute atomic E-state index is 0.0214. The highest BCUT2D eigenvalue weighted by atomic mass is 35.5. The maximum Gasteiger partial charge on any atom is 0.317 e. The molecule has 26 heavy (non-hydrogen) atoms. The Morgan fingerprint density at radius 1 is 1.31 bits per heavy atom. The van der Waals surface area contributed by atoms with Gasteiger partial charge in [0.2, 0.25) is 5.91 Å².